The molecule has 0 saturated carbocycles. The second kappa shape index (κ2) is 6.88. The fraction of sp³-hybridized carbons (Fsp3) is 0.692. The molecule has 0 aromatic carbocycles. The largest absolute Gasteiger partial charge is 0.361 e. The zero-order valence-electron chi connectivity index (χ0n) is 12.4. The molecular weight excluding hydrogens is 280 g/mol. The smallest absolute Gasteiger partial charge is 0.221 e. The maximum Gasteiger partial charge on any atom is 0.221 e. The molecule has 0 saturated heterocycles. The lowest BCUT2D eigenvalue weighted by Gasteiger charge is -2.07. The highest BCUT2D eigenvalue weighted by atomic mass is 32.2. The van der Waals surface area contributed by atoms with Gasteiger partial charge in [0.2, 0.25) is 5.91 Å². The van der Waals surface area contributed by atoms with E-state index in [1.165, 1.54) is 0 Å². The van der Waals surface area contributed by atoms with E-state index in [4.69, 9.17) is 4.52 Å². The summed E-state index contributed by atoms with van der Waals surface area (Å²) in [6, 6.07) is 0. The van der Waals surface area contributed by atoms with Crippen molar-refractivity contribution in [2.24, 2.45) is 5.92 Å². The summed E-state index contributed by atoms with van der Waals surface area (Å²) in [5.74, 6) is 0.459. The molecule has 0 radical (unpaired) electrons. The first kappa shape index (κ1) is 16.7. The maximum atomic E-state index is 11.7. The molecule has 20 heavy (non-hydrogen) atoms. The van der Waals surface area contributed by atoms with Crippen molar-refractivity contribution in [2.75, 3.05) is 11.5 Å². The summed E-state index contributed by atoms with van der Waals surface area (Å²) in [4.78, 5) is 11.7. The lowest BCUT2D eigenvalue weighted by atomic mass is 10.2. The van der Waals surface area contributed by atoms with Crippen molar-refractivity contribution in [1.29, 1.82) is 0 Å². The number of rotatable bonds is 7. The van der Waals surface area contributed by atoms with Crippen LogP contribution in [0.15, 0.2) is 4.52 Å². The zero-order chi connectivity index (χ0) is 15.3. The van der Waals surface area contributed by atoms with E-state index in [0.717, 1.165) is 11.3 Å². The second-order valence-corrected chi connectivity index (χ2v) is 7.57. The molecule has 1 heterocycles. The van der Waals surface area contributed by atoms with Crippen LogP contribution in [0.1, 0.15) is 37.3 Å². The highest BCUT2D eigenvalue weighted by Crippen LogP contribution is 2.11. The molecule has 0 unspecified atom stereocenters. The molecule has 0 bridgehead atoms. The number of hydrogen-bond acceptors (Lipinski definition) is 5. The van der Waals surface area contributed by atoms with Gasteiger partial charge in [-0.15, -0.1) is 0 Å². The van der Waals surface area contributed by atoms with E-state index in [1.54, 1.807) is 13.8 Å². The molecular formula is C13H22N2O4S. The van der Waals surface area contributed by atoms with E-state index in [1.807, 2.05) is 13.8 Å². The Morgan fingerprint density at radius 3 is 2.50 bits per heavy atom. The van der Waals surface area contributed by atoms with Crippen LogP contribution in [-0.2, 0) is 21.2 Å². The Hall–Kier alpha value is -1.37. The number of carbonyl (C=O) groups is 1. The summed E-state index contributed by atoms with van der Waals surface area (Å²) in [7, 11) is -3.16. The fourth-order valence-corrected chi connectivity index (χ4v) is 3.55. The average Bonchev–Trinajstić information content (AvgIpc) is 2.62. The van der Waals surface area contributed by atoms with Gasteiger partial charge in [0, 0.05) is 18.5 Å². The lowest BCUT2D eigenvalue weighted by molar-refractivity contribution is -0.120. The molecule has 6 nitrogen and oxygen atoms in total. The van der Waals surface area contributed by atoms with Crippen LogP contribution in [0.25, 0.3) is 0 Å². The number of aryl methyl sites for hydroxylation is 2. The van der Waals surface area contributed by atoms with E-state index in [0.29, 0.717) is 12.3 Å². The van der Waals surface area contributed by atoms with E-state index >= 15 is 0 Å². The first-order valence-electron chi connectivity index (χ1n) is 6.60. The van der Waals surface area contributed by atoms with Crippen LogP contribution in [-0.4, -0.2) is 31.0 Å². The van der Waals surface area contributed by atoms with Gasteiger partial charge >= 0.3 is 0 Å². The average molecular weight is 302 g/mol. The van der Waals surface area contributed by atoms with Crippen LogP contribution in [0.3, 0.4) is 0 Å². The Balaban J connectivity index is 2.42. The summed E-state index contributed by atoms with van der Waals surface area (Å²) in [6.45, 7) is 7.56. The normalized spacial score (nSPS) is 11.8. The van der Waals surface area contributed by atoms with Crippen molar-refractivity contribution in [3.8, 4) is 0 Å². The Kier molecular flexibility index (Phi) is 5.74. The molecule has 0 fully saturated rings. The third-order valence-corrected chi connectivity index (χ3v) is 4.87. The first-order valence-corrected chi connectivity index (χ1v) is 8.42. The molecule has 1 aromatic heterocycles. The van der Waals surface area contributed by atoms with Gasteiger partial charge in [0.1, 0.15) is 5.76 Å². The number of aromatic nitrogens is 1. The fourth-order valence-electron chi connectivity index (χ4n) is 1.87. The predicted molar refractivity (Wildman–Crippen MR) is 75.9 cm³/mol. The van der Waals surface area contributed by atoms with Crippen molar-refractivity contribution in [2.45, 2.75) is 40.7 Å². The minimum atomic E-state index is -3.16. The van der Waals surface area contributed by atoms with E-state index in [2.05, 4.69) is 10.5 Å². The molecule has 0 aliphatic heterocycles. The van der Waals surface area contributed by atoms with Crippen LogP contribution < -0.4 is 5.32 Å². The summed E-state index contributed by atoms with van der Waals surface area (Å²) < 4.78 is 28.4. The quantitative estimate of drug-likeness (QED) is 0.821. The third kappa shape index (κ3) is 5.32. The van der Waals surface area contributed by atoms with Crippen LogP contribution in [0.2, 0.25) is 0 Å². The standard InChI is InChI=1S/C13H22N2O4S/c1-9(2)8-20(17,18)6-5-13(16)14-7-12-10(3)15-19-11(12)4/h9H,5-8H2,1-4H3,(H,14,16). The molecule has 1 aromatic rings. The minimum Gasteiger partial charge on any atom is -0.361 e. The van der Waals surface area contributed by atoms with Crippen molar-refractivity contribution in [3.63, 3.8) is 0 Å². The van der Waals surface area contributed by atoms with E-state index < -0.39 is 9.84 Å². The molecule has 0 atom stereocenters. The van der Waals surface area contributed by atoms with E-state index in [-0.39, 0.29) is 29.8 Å². The molecule has 0 aliphatic rings. The SMILES string of the molecule is Cc1noc(C)c1CNC(=O)CCS(=O)(=O)CC(C)C. The Bertz CT molecular complexity index is 541. The molecule has 1 N–H and O–H groups in total. The first-order chi connectivity index (χ1) is 9.21. The molecule has 0 aliphatic carbocycles. The highest BCUT2D eigenvalue weighted by Gasteiger charge is 2.16. The van der Waals surface area contributed by atoms with Crippen LogP contribution >= 0.6 is 0 Å². The van der Waals surface area contributed by atoms with Gasteiger partial charge in [-0.3, -0.25) is 4.79 Å². The van der Waals surface area contributed by atoms with Gasteiger partial charge in [-0.2, -0.15) is 0 Å². The number of nitrogens with one attached hydrogen (secondary N) is 1. The van der Waals surface area contributed by atoms with Gasteiger partial charge in [-0.1, -0.05) is 19.0 Å². The Morgan fingerprint density at radius 1 is 1.35 bits per heavy atom. The lowest BCUT2D eigenvalue weighted by Crippen LogP contribution is -2.26. The number of carbonyl (C=O) groups excluding carboxylic acids is 1. The van der Waals surface area contributed by atoms with E-state index in [9.17, 15) is 13.2 Å². The monoisotopic (exact) mass is 302 g/mol. The Labute approximate surface area is 119 Å². The van der Waals surface area contributed by atoms with Crippen molar-refractivity contribution < 1.29 is 17.7 Å². The summed E-state index contributed by atoms with van der Waals surface area (Å²) in [6.07, 6.45) is -0.0154. The topological polar surface area (TPSA) is 89.3 Å². The second-order valence-electron chi connectivity index (χ2n) is 5.34. The molecule has 1 rings (SSSR count). The Morgan fingerprint density at radius 2 is 2.00 bits per heavy atom. The number of hydrogen-bond donors (Lipinski definition) is 1. The zero-order valence-corrected chi connectivity index (χ0v) is 13.2. The molecule has 0 spiro atoms. The number of nitrogens with zero attached hydrogens (tertiary/aromatic N) is 1. The van der Waals surface area contributed by atoms with Crippen LogP contribution in [0.4, 0.5) is 0 Å². The number of amides is 1. The van der Waals surface area contributed by atoms with Gasteiger partial charge in [-0.25, -0.2) is 8.42 Å². The van der Waals surface area contributed by atoms with Gasteiger partial charge in [0.05, 0.1) is 17.2 Å². The summed E-state index contributed by atoms with van der Waals surface area (Å²) in [5, 5.41) is 6.48. The van der Waals surface area contributed by atoms with Gasteiger partial charge in [0.25, 0.3) is 0 Å². The minimum absolute atomic E-state index is 0.0154. The molecule has 1 amide bonds. The summed E-state index contributed by atoms with van der Waals surface area (Å²) >= 11 is 0. The number of sulfone groups is 1. The van der Waals surface area contributed by atoms with Gasteiger partial charge in [0.15, 0.2) is 9.84 Å². The predicted octanol–water partition coefficient (Wildman–Crippen LogP) is 1.37. The maximum absolute atomic E-state index is 11.7. The van der Waals surface area contributed by atoms with Crippen molar-refractivity contribution in [3.05, 3.63) is 17.0 Å². The summed E-state index contributed by atoms with van der Waals surface area (Å²) in [5.41, 5.74) is 1.57. The highest BCUT2D eigenvalue weighted by molar-refractivity contribution is 7.91. The van der Waals surface area contributed by atoms with Crippen molar-refractivity contribution >= 4 is 15.7 Å². The van der Waals surface area contributed by atoms with Gasteiger partial charge < -0.3 is 9.84 Å². The van der Waals surface area contributed by atoms with Gasteiger partial charge in [-0.05, 0) is 19.8 Å². The van der Waals surface area contributed by atoms with Crippen LogP contribution in [0.5, 0.6) is 0 Å². The van der Waals surface area contributed by atoms with Crippen molar-refractivity contribution in [1.82, 2.24) is 10.5 Å². The molecule has 114 valence electrons. The molecule has 7 heteroatoms. The van der Waals surface area contributed by atoms with Crippen LogP contribution in [0, 0.1) is 19.8 Å². The third-order valence-electron chi connectivity index (χ3n) is 2.87.